The summed E-state index contributed by atoms with van der Waals surface area (Å²) >= 11 is 0. The van der Waals surface area contributed by atoms with Crippen LogP contribution in [-0.4, -0.2) is 34.3 Å². The maximum atomic E-state index is 12.0. The lowest BCUT2D eigenvalue weighted by molar-refractivity contribution is 0.00482. The summed E-state index contributed by atoms with van der Waals surface area (Å²) in [5.41, 5.74) is 6.05. The fraction of sp³-hybridized carbons (Fsp3) is 0.455. The van der Waals surface area contributed by atoms with Gasteiger partial charge in [-0.3, -0.25) is 0 Å². The van der Waals surface area contributed by atoms with Crippen LogP contribution in [0.5, 0.6) is 5.75 Å². The lowest BCUT2D eigenvalue weighted by Crippen LogP contribution is -2.48. The second-order valence-corrected chi connectivity index (χ2v) is 5.70. The molecule has 0 amide bonds. The zero-order valence-electron chi connectivity index (χ0n) is 10.0. The minimum atomic E-state index is -3.54. The monoisotopic (exact) mass is 272 g/mol. The Morgan fingerprint density at radius 2 is 2.22 bits per heavy atom. The molecular formula is C11H16N2O4S. The van der Waals surface area contributed by atoms with E-state index in [1.54, 1.807) is 6.07 Å². The highest BCUT2D eigenvalue weighted by atomic mass is 32.2. The summed E-state index contributed by atoms with van der Waals surface area (Å²) in [5, 5.41) is 0. The highest BCUT2D eigenvalue weighted by molar-refractivity contribution is 7.89. The Morgan fingerprint density at radius 1 is 1.50 bits per heavy atom. The van der Waals surface area contributed by atoms with Crippen LogP contribution in [0.15, 0.2) is 23.1 Å². The molecule has 1 aromatic carbocycles. The number of nitrogens with one attached hydrogen (secondary N) is 1. The van der Waals surface area contributed by atoms with Gasteiger partial charge in [0.25, 0.3) is 0 Å². The van der Waals surface area contributed by atoms with Crippen LogP contribution in [0.2, 0.25) is 0 Å². The van der Waals surface area contributed by atoms with E-state index in [1.165, 1.54) is 12.1 Å². The molecule has 1 aliphatic rings. The molecule has 1 heterocycles. The number of anilines is 1. The average molecular weight is 272 g/mol. The highest BCUT2D eigenvalue weighted by Crippen LogP contribution is 2.25. The summed E-state index contributed by atoms with van der Waals surface area (Å²) in [6.45, 7) is 3.13. The molecule has 0 bridgehead atoms. The van der Waals surface area contributed by atoms with Crippen molar-refractivity contribution >= 4 is 15.7 Å². The van der Waals surface area contributed by atoms with Crippen molar-refractivity contribution in [1.29, 1.82) is 0 Å². The summed E-state index contributed by atoms with van der Waals surface area (Å²) < 4.78 is 36.7. The number of rotatable bonds is 5. The van der Waals surface area contributed by atoms with Gasteiger partial charge in [0.1, 0.15) is 5.75 Å². The van der Waals surface area contributed by atoms with E-state index < -0.39 is 10.0 Å². The third kappa shape index (κ3) is 2.74. The fourth-order valence-electron chi connectivity index (χ4n) is 1.57. The van der Waals surface area contributed by atoms with Gasteiger partial charge < -0.3 is 15.2 Å². The van der Waals surface area contributed by atoms with Gasteiger partial charge in [0.15, 0.2) is 0 Å². The number of hydrogen-bond donors (Lipinski definition) is 2. The van der Waals surface area contributed by atoms with Crippen LogP contribution in [0.25, 0.3) is 0 Å². The van der Waals surface area contributed by atoms with E-state index in [4.69, 9.17) is 15.2 Å². The molecule has 0 aromatic heterocycles. The molecule has 0 atom stereocenters. The fourth-order valence-corrected chi connectivity index (χ4v) is 2.81. The number of benzene rings is 1. The minimum Gasteiger partial charge on any atom is -0.492 e. The van der Waals surface area contributed by atoms with Crippen LogP contribution < -0.4 is 15.2 Å². The topological polar surface area (TPSA) is 90.7 Å². The van der Waals surface area contributed by atoms with Crippen LogP contribution in [0.1, 0.15) is 6.92 Å². The van der Waals surface area contributed by atoms with Crippen molar-refractivity contribution in [3.63, 3.8) is 0 Å². The van der Waals surface area contributed by atoms with Crippen LogP contribution >= 0.6 is 0 Å². The standard InChI is InChI=1S/C11H16N2O4S/c1-2-17-11-4-3-9(5-10(11)12)18(14,15)13-8-6-16-7-8/h3-5,8,13H,2,6-7,12H2,1H3. The molecule has 1 aromatic rings. The Morgan fingerprint density at radius 3 is 2.72 bits per heavy atom. The Labute approximate surface area is 106 Å². The van der Waals surface area contributed by atoms with Crippen molar-refractivity contribution in [2.45, 2.75) is 17.9 Å². The van der Waals surface area contributed by atoms with Gasteiger partial charge in [-0.05, 0) is 25.1 Å². The van der Waals surface area contributed by atoms with Crippen molar-refractivity contribution in [3.8, 4) is 5.75 Å². The molecule has 2 rings (SSSR count). The third-order valence-electron chi connectivity index (χ3n) is 2.55. The molecule has 0 aliphatic carbocycles. The van der Waals surface area contributed by atoms with Crippen LogP contribution in [-0.2, 0) is 14.8 Å². The van der Waals surface area contributed by atoms with E-state index in [1.807, 2.05) is 6.92 Å². The van der Waals surface area contributed by atoms with Crippen molar-refractivity contribution in [1.82, 2.24) is 4.72 Å². The molecular weight excluding hydrogens is 256 g/mol. The Balaban J connectivity index is 2.19. The van der Waals surface area contributed by atoms with Crippen molar-refractivity contribution in [2.24, 2.45) is 0 Å². The van der Waals surface area contributed by atoms with E-state index in [-0.39, 0.29) is 10.9 Å². The van der Waals surface area contributed by atoms with Gasteiger partial charge in [-0.1, -0.05) is 0 Å². The summed E-state index contributed by atoms with van der Waals surface area (Å²) in [7, 11) is -3.54. The normalized spacial score (nSPS) is 16.3. The lowest BCUT2D eigenvalue weighted by atomic mass is 10.3. The summed E-state index contributed by atoms with van der Waals surface area (Å²) in [6.07, 6.45) is 0. The number of nitrogens with two attached hydrogens (primary N) is 1. The van der Waals surface area contributed by atoms with Crippen molar-refractivity contribution in [2.75, 3.05) is 25.6 Å². The largest absolute Gasteiger partial charge is 0.492 e. The third-order valence-corrected chi connectivity index (χ3v) is 4.07. The first kappa shape index (κ1) is 13.1. The van der Waals surface area contributed by atoms with Gasteiger partial charge in [0, 0.05) is 0 Å². The molecule has 0 unspecified atom stereocenters. The first-order chi connectivity index (χ1) is 8.53. The zero-order valence-corrected chi connectivity index (χ0v) is 10.9. The van der Waals surface area contributed by atoms with E-state index in [0.717, 1.165) is 0 Å². The number of hydrogen-bond acceptors (Lipinski definition) is 5. The van der Waals surface area contributed by atoms with Crippen LogP contribution in [0, 0.1) is 0 Å². The van der Waals surface area contributed by atoms with Gasteiger partial charge in [-0.15, -0.1) is 0 Å². The molecule has 100 valence electrons. The maximum absolute atomic E-state index is 12.0. The maximum Gasteiger partial charge on any atom is 0.241 e. The van der Waals surface area contributed by atoms with Crippen molar-refractivity contribution < 1.29 is 17.9 Å². The van der Waals surface area contributed by atoms with Crippen LogP contribution in [0.3, 0.4) is 0 Å². The quantitative estimate of drug-likeness (QED) is 0.754. The minimum absolute atomic E-state index is 0.135. The molecule has 0 spiro atoms. The van der Waals surface area contributed by atoms with Gasteiger partial charge >= 0.3 is 0 Å². The number of ether oxygens (including phenoxy) is 2. The Hall–Kier alpha value is -1.31. The Bertz CT molecular complexity index is 526. The number of nitrogen functional groups attached to an aromatic ring is 1. The van der Waals surface area contributed by atoms with Gasteiger partial charge in [-0.25, -0.2) is 13.1 Å². The highest BCUT2D eigenvalue weighted by Gasteiger charge is 2.25. The van der Waals surface area contributed by atoms with Gasteiger partial charge in [-0.2, -0.15) is 0 Å². The summed E-state index contributed by atoms with van der Waals surface area (Å²) in [6, 6.07) is 4.28. The molecule has 1 fully saturated rings. The molecule has 7 heteroatoms. The van der Waals surface area contributed by atoms with E-state index in [9.17, 15) is 8.42 Å². The Kier molecular flexibility index (Phi) is 3.74. The van der Waals surface area contributed by atoms with Gasteiger partial charge in [0.2, 0.25) is 10.0 Å². The van der Waals surface area contributed by atoms with Crippen LogP contribution in [0.4, 0.5) is 5.69 Å². The molecule has 1 aliphatic heterocycles. The smallest absolute Gasteiger partial charge is 0.241 e. The van der Waals surface area contributed by atoms with Crippen molar-refractivity contribution in [3.05, 3.63) is 18.2 Å². The predicted molar refractivity (Wildman–Crippen MR) is 67.0 cm³/mol. The first-order valence-electron chi connectivity index (χ1n) is 5.65. The number of sulfonamides is 1. The average Bonchev–Trinajstić information content (AvgIpc) is 2.27. The van der Waals surface area contributed by atoms with E-state index in [2.05, 4.69) is 4.72 Å². The summed E-state index contributed by atoms with van der Waals surface area (Å²) in [4.78, 5) is 0.135. The zero-order chi connectivity index (χ0) is 13.2. The molecule has 1 saturated heterocycles. The SMILES string of the molecule is CCOc1ccc(S(=O)(=O)NC2COC2)cc1N. The molecule has 6 nitrogen and oxygen atoms in total. The lowest BCUT2D eigenvalue weighted by Gasteiger charge is -2.26. The second-order valence-electron chi connectivity index (χ2n) is 3.99. The summed E-state index contributed by atoms with van der Waals surface area (Å²) in [5.74, 6) is 0.489. The molecule has 3 N–H and O–H groups in total. The molecule has 18 heavy (non-hydrogen) atoms. The predicted octanol–water partition coefficient (Wildman–Crippen LogP) is 0.345. The van der Waals surface area contributed by atoms with E-state index in [0.29, 0.717) is 31.3 Å². The molecule has 0 saturated carbocycles. The van der Waals surface area contributed by atoms with Gasteiger partial charge in [0.05, 0.1) is 36.4 Å². The first-order valence-corrected chi connectivity index (χ1v) is 7.13. The second kappa shape index (κ2) is 5.13. The van der Waals surface area contributed by atoms with E-state index >= 15 is 0 Å². The molecule has 0 radical (unpaired) electrons.